The van der Waals surface area contributed by atoms with Crippen LogP contribution in [0.1, 0.15) is 11.8 Å². The Morgan fingerprint density at radius 1 is 1.36 bits per heavy atom. The maximum Gasteiger partial charge on any atom is 0.158 e. The Morgan fingerprint density at radius 3 is 2.55 bits per heavy atom. The number of aliphatic hydroxyl groups is 1. The summed E-state index contributed by atoms with van der Waals surface area (Å²) >= 11 is 0. The van der Waals surface area contributed by atoms with Crippen LogP contribution in [0.3, 0.4) is 0 Å². The number of rotatable bonds is 2. The highest BCUT2D eigenvalue weighted by molar-refractivity contribution is 5.16. The molecule has 0 heterocycles. The second-order valence-corrected chi connectivity index (χ2v) is 1.99. The van der Waals surface area contributed by atoms with E-state index in [9.17, 15) is 0 Å². The fourth-order valence-corrected chi connectivity index (χ4v) is 0.741. The molecule has 0 aromatic heterocycles. The van der Waals surface area contributed by atoms with Gasteiger partial charge in [0.2, 0.25) is 0 Å². The summed E-state index contributed by atoms with van der Waals surface area (Å²) in [5.41, 5.74) is 8.60. The molecule has 56 valence electrons. The molecule has 1 N–H and O–H groups in total. The minimum atomic E-state index is -1.07. The Hall–Kier alpha value is -1.51. The molecule has 0 aliphatic heterocycles. The van der Waals surface area contributed by atoms with E-state index in [1.165, 1.54) is 0 Å². The van der Waals surface area contributed by atoms with Crippen molar-refractivity contribution in [1.82, 2.24) is 0 Å². The first-order valence-electron chi connectivity index (χ1n) is 3.12. The van der Waals surface area contributed by atoms with Crippen LogP contribution in [0.4, 0.5) is 0 Å². The van der Waals surface area contributed by atoms with E-state index < -0.39 is 6.23 Å². The summed E-state index contributed by atoms with van der Waals surface area (Å²) in [5.74, 6) is 0. The van der Waals surface area contributed by atoms with Crippen LogP contribution in [-0.2, 0) is 0 Å². The predicted octanol–water partition coefficient (Wildman–Crippen LogP) is 1.99. The van der Waals surface area contributed by atoms with Gasteiger partial charge in [0.15, 0.2) is 6.23 Å². The van der Waals surface area contributed by atoms with Crippen LogP contribution in [0.25, 0.3) is 10.4 Å². The zero-order valence-corrected chi connectivity index (χ0v) is 5.75. The van der Waals surface area contributed by atoms with Gasteiger partial charge in [-0.3, -0.25) is 0 Å². The third-order valence-electron chi connectivity index (χ3n) is 1.26. The zero-order chi connectivity index (χ0) is 8.10. The smallest absolute Gasteiger partial charge is 0.158 e. The summed E-state index contributed by atoms with van der Waals surface area (Å²) in [5, 5.41) is 12.2. The Balaban J connectivity index is 2.84. The summed E-state index contributed by atoms with van der Waals surface area (Å²) in [6.07, 6.45) is -1.07. The van der Waals surface area contributed by atoms with E-state index in [4.69, 9.17) is 10.6 Å². The molecular weight excluding hydrogens is 142 g/mol. The van der Waals surface area contributed by atoms with Crippen molar-refractivity contribution in [3.05, 3.63) is 46.3 Å². The Bertz CT molecular complexity index is 266. The van der Waals surface area contributed by atoms with E-state index in [0.717, 1.165) is 0 Å². The van der Waals surface area contributed by atoms with Crippen molar-refractivity contribution < 1.29 is 5.11 Å². The van der Waals surface area contributed by atoms with Crippen LogP contribution in [0.15, 0.2) is 35.4 Å². The van der Waals surface area contributed by atoms with Crippen LogP contribution >= 0.6 is 0 Å². The highest BCUT2D eigenvalue weighted by atomic mass is 16.3. The van der Waals surface area contributed by atoms with Gasteiger partial charge < -0.3 is 5.11 Å². The minimum Gasteiger partial charge on any atom is -0.382 e. The third-order valence-corrected chi connectivity index (χ3v) is 1.26. The molecule has 1 aromatic carbocycles. The zero-order valence-electron chi connectivity index (χ0n) is 5.75. The Kier molecular flexibility index (Phi) is 2.49. The number of benzene rings is 1. The highest BCUT2D eigenvalue weighted by Gasteiger charge is 2.00. The fourth-order valence-electron chi connectivity index (χ4n) is 0.741. The van der Waals surface area contributed by atoms with Crippen molar-refractivity contribution in [2.45, 2.75) is 6.23 Å². The van der Waals surface area contributed by atoms with Crippen LogP contribution in [-0.4, -0.2) is 5.11 Å². The first-order valence-corrected chi connectivity index (χ1v) is 3.12. The maximum atomic E-state index is 9.10. The first-order chi connectivity index (χ1) is 5.34. The molecular formula is C7H7N3O. The van der Waals surface area contributed by atoms with Crippen molar-refractivity contribution in [1.29, 1.82) is 0 Å². The van der Waals surface area contributed by atoms with Crippen molar-refractivity contribution in [2.24, 2.45) is 5.11 Å². The molecule has 0 bridgehead atoms. The number of azide groups is 1. The second-order valence-electron chi connectivity index (χ2n) is 1.99. The van der Waals surface area contributed by atoms with Gasteiger partial charge in [0.25, 0.3) is 0 Å². The monoisotopic (exact) mass is 149 g/mol. The number of hydrogen-bond donors (Lipinski definition) is 1. The lowest BCUT2D eigenvalue weighted by Gasteiger charge is -2.01. The van der Waals surface area contributed by atoms with Gasteiger partial charge in [-0.2, -0.15) is 0 Å². The summed E-state index contributed by atoms with van der Waals surface area (Å²) in [6, 6.07) is 8.75. The van der Waals surface area contributed by atoms with E-state index in [0.29, 0.717) is 5.56 Å². The molecule has 11 heavy (non-hydrogen) atoms. The Labute approximate surface area is 63.7 Å². The van der Waals surface area contributed by atoms with Gasteiger partial charge >= 0.3 is 0 Å². The molecule has 0 aliphatic carbocycles. The molecule has 0 amide bonds. The van der Waals surface area contributed by atoms with Crippen molar-refractivity contribution in [2.75, 3.05) is 0 Å². The van der Waals surface area contributed by atoms with Gasteiger partial charge in [0.1, 0.15) is 0 Å². The summed E-state index contributed by atoms with van der Waals surface area (Å²) < 4.78 is 0. The fraction of sp³-hybridized carbons (Fsp3) is 0.143. The average molecular weight is 149 g/mol. The molecule has 0 fully saturated rings. The first kappa shape index (κ1) is 7.60. The van der Waals surface area contributed by atoms with E-state index in [1.54, 1.807) is 24.3 Å². The van der Waals surface area contributed by atoms with E-state index in [-0.39, 0.29) is 0 Å². The van der Waals surface area contributed by atoms with Gasteiger partial charge in [-0.15, -0.1) is 0 Å². The van der Waals surface area contributed by atoms with E-state index in [2.05, 4.69) is 10.0 Å². The topological polar surface area (TPSA) is 69.0 Å². The molecule has 0 spiro atoms. The van der Waals surface area contributed by atoms with E-state index >= 15 is 0 Å². The van der Waals surface area contributed by atoms with Gasteiger partial charge in [0.05, 0.1) is 0 Å². The maximum absolute atomic E-state index is 9.10. The Morgan fingerprint density at radius 2 is 2.00 bits per heavy atom. The normalized spacial score (nSPS) is 11.7. The lowest BCUT2D eigenvalue weighted by molar-refractivity contribution is 0.186. The van der Waals surface area contributed by atoms with E-state index in [1.807, 2.05) is 6.07 Å². The van der Waals surface area contributed by atoms with Crippen LogP contribution in [0.5, 0.6) is 0 Å². The highest BCUT2D eigenvalue weighted by Crippen LogP contribution is 2.12. The molecule has 0 saturated carbocycles. The summed E-state index contributed by atoms with van der Waals surface area (Å²) in [4.78, 5) is 2.49. The van der Waals surface area contributed by atoms with Crippen molar-refractivity contribution >= 4 is 0 Å². The lowest BCUT2D eigenvalue weighted by atomic mass is 10.2. The second kappa shape index (κ2) is 3.61. The predicted molar refractivity (Wildman–Crippen MR) is 40.5 cm³/mol. The van der Waals surface area contributed by atoms with Crippen molar-refractivity contribution in [3.8, 4) is 0 Å². The molecule has 1 aromatic rings. The van der Waals surface area contributed by atoms with Gasteiger partial charge in [-0.1, -0.05) is 35.4 Å². The van der Waals surface area contributed by atoms with Crippen molar-refractivity contribution in [3.63, 3.8) is 0 Å². The summed E-state index contributed by atoms with van der Waals surface area (Å²) in [7, 11) is 0. The molecule has 1 atom stereocenters. The van der Waals surface area contributed by atoms with Crippen LogP contribution < -0.4 is 0 Å². The summed E-state index contributed by atoms with van der Waals surface area (Å²) in [6.45, 7) is 0. The molecule has 4 heteroatoms. The number of hydrogen-bond acceptors (Lipinski definition) is 2. The van der Waals surface area contributed by atoms with Gasteiger partial charge in [-0.25, -0.2) is 0 Å². The molecule has 0 radical (unpaired) electrons. The quantitative estimate of drug-likeness (QED) is 0.390. The number of aliphatic hydroxyl groups excluding tert-OH is 1. The molecule has 0 saturated heterocycles. The average Bonchev–Trinajstić information content (AvgIpc) is 2.07. The standard InChI is InChI=1S/C7H7N3O/c8-10-9-7(11)6-4-2-1-3-5-6/h1-5,7,11H. The molecule has 1 unspecified atom stereocenters. The SMILES string of the molecule is [N-]=[N+]=NC(O)c1ccccc1. The molecule has 1 rings (SSSR count). The van der Waals surface area contributed by atoms with Crippen LogP contribution in [0.2, 0.25) is 0 Å². The largest absolute Gasteiger partial charge is 0.382 e. The van der Waals surface area contributed by atoms with Crippen LogP contribution in [0, 0.1) is 0 Å². The number of nitrogens with zero attached hydrogens (tertiary/aromatic N) is 3. The van der Waals surface area contributed by atoms with Gasteiger partial charge in [-0.05, 0) is 11.1 Å². The molecule has 0 aliphatic rings. The van der Waals surface area contributed by atoms with Gasteiger partial charge in [0, 0.05) is 4.91 Å². The minimum absolute atomic E-state index is 0.602. The third kappa shape index (κ3) is 1.97. The molecule has 4 nitrogen and oxygen atoms in total. The lowest BCUT2D eigenvalue weighted by Crippen LogP contribution is -1.89.